The van der Waals surface area contributed by atoms with Crippen molar-refractivity contribution in [3.8, 4) is 6.07 Å². The quantitative estimate of drug-likeness (QED) is 0.436. The fraction of sp³-hybridized carbons (Fsp3) is 0.607. The van der Waals surface area contributed by atoms with Crippen molar-refractivity contribution in [1.82, 2.24) is 15.1 Å². The fourth-order valence-electron chi connectivity index (χ4n) is 6.05. The van der Waals surface area contributed by atoms with Gasteiger partial charge in [0.1, 0.15) is 11.4 Å². The Hall–Kier alpha value is -3.65. The van der Waals surface area contributed by atoms with Crippen molar-refractivity contribution < 1.29 is 44.6 Å². The summed E-state index contributed by atoms with van der Waals surface area (Å²) in [6, 6.07) is 6.06. The standard InChI is InChI=1S/C28H31F5N6O5S/c1-17-10-23(39(36-17)18-4-8-43-9-5-18)38-13-20(12-24(38)44-25(40)35-26(14-34)6-7-26)45(41,42)22-3-2-19(11-21(22)28(31,32)33)37-15-27(29,30)16-37/h2-3,10-11,18,20,24H,4-9,12-13,15-16H2,1H3,(H,35,40)/t20-,24+/m1/s1. The molecule has 2 aromatic rings. The Morgan fingerprint density at radius 3 is 2.47 bits per heavy atom. The maximum atomic E-state index is 14.3. The third kappa shape index (κ3) is 6.14. The van der Waals surface area contributed by atoms with Gasteiger partial charge in [-0.25, -0.2) is 26.7 Å². The van der Waals surface area contributed by atoms with Gasteiger partial charge in [-0.3, -0.25) is 0 Å². The molecule has 0 spiro atoms. The molecule has 1 aromatic carbocycles. The number of nitrogens with zero attached hydrogens (tertiary/aromatic N) is 5. The first-order valence-electron chi connectivity index (χ1n) is 14.5. The lowest BCUT2D eigenvalue weighted by Crippen LogP contribution is -2.56. The average Bonchev–Trinajstić information content (AvgIpc) is 3.43. The molecule has 1 aliphatic carbocycles. The minimum Gasteiger partial charge on any atom is -0.425 e. The van der Waals surface area contributed by atoms with Crippen LogP contribution in [0, 0.1) is 18.3 Å². The minimum absolute atomic E-state index is 0.112. The molecule has 11 nitrogen and oxygen atoms in total. The third-order valence-corrected chi connectivity index (χ3v) is 10.8. The lowest BCUT2D eigenvalue weighted by atomic mass is 10.1. The van der Waals surface area contributed by atoms with E-state index in [1.165, 1.54) is 4.90 Å². The molecule has 4 fully saturated rings. The van der Waals surface area contributed by atoms with Crippen LogP contribution in [0.2, 0.25) is 0 Å². The predicted molar refractivity (Wildman–Crippen MR) is 149 cm³/mol. The number of carbonyl (C=O) groups excluding carboxylic acids is 1. The molecule has 3 saturated heterocycles. The molecule has 17 heteroatoms. The van der Waals surface area contributed by atoms with Gasteiger partial charge in [-0.15, -0.1) is 0 Å². The number of hydrogen-bond acceptors (Lipinski definition) is 9. The summed E-state index contributed by atoms with van der Waals surface area (Å²) in [5.41, 5.74) is -2.10. The molecule has 244 valence electrons. The van der Waals surface area contributed by atoms with Crippen LogP contribution in [0.1, 0.15) is 49.4 Å². The van der Waals surface area contributed by atoms with Gasteiger partial charge in [0.05, 0.1) is 46.6 Å². The molecule has 6 rings (SSSR count). The fourth-order valence-corrected chi connectivity index (χ4v) is 7.93. The molecule has 3 aliphatic heterocycles. The van der Waals surface area contributed by atoms with Crippen LogP contribution in [0.5, 0.6) is 0 Å². The van der Waals surface area contributed by atoms with Crippen LogP contribution >= 0.6 is 0 Å². The molecular weight excluding hydrogens is 627 g/mol. The summed E-state index contributed by atoms with van der Waals surface area (Å²) in [6.07, 6.45) is -5.57. The Labute approximate surface area is 255 Å². The molecule has 1 amide bonds. The molecular formula is C28H31F5N6O5S. The number of alkyl halides is 5. The number of rotatable bonds is 7. The monoisotopic (exact) mass is 658 g/mol. The van der Waals surface area contributed by atoms with Gasteiger partial charge in [0.15, 0.2) is 16.1 Å². The number of halogens is 5. The zero-order valence-electron chi connectivity index (χ0n) is 24.2. The van der Waals surface area contributed by atoms with Crippen LogP contribution in [0.3, 0.4) is 0 Å². The topological polar surface area (TPSA) is 130 Å². The van der Waals surface area contributed by atoms with Crippen LogP contribution in [0.25, 0.3) is 0 Å². The molecule has 1 saturated carbocycles. The summed E-state index contributed by atoms with van der Waals surface area (Å²) in [4.78, 5) is 14.4. The van der Waals surface area contributed by atoms with Crippen LogP contribution in [-0.4, -0.2) is 80.1 Å². The van der Waals surface area contributed by atoms with Crippen molar-refractivity contribution in [2.75, 3.05) is 42.6 Å². The number of ether oxygens (including phenoxy) is 2. The van der Waals surface area contributed by atoms with Gasteiger partial charge in [-0.05, 0) is 50.8 Å². The average molecular weight is 659 g/mol. The van der Waals surface area contributed by atoms with Crippen LogP contribution in [0.15, 0.2) is 29.2 Å². The molecule has 2 atom stereocenters. The molecule has 45 heavy (non-hydrogen) atoms. The summed E-state index contributed by atoms with van der Waals surface area (Å²) >= 11 is 0. The van der Waals surface area contributed by atoms with E-state index in [0.29, 0.717) is 56.5 Å². The maximum Gasteiger partial charge on any atom is 0.417 e. The Morgan fingerprint density at radius 1 is 1.18 bits per heavy atom. The lowest BCUT2D eigenvalue weighted by Gasteiger charge is -2.40. The van der Waals surface area contributed by atoms with Crippen LogP contribution in [0.4, 0.5) is 38.3 Å². The van der Waals surface area contributed by atoms with E-state index in [1.54, 1.807) is 17.7 Å². The number of benzene rings is 1. The minimum atomic E-state index is -5.10. The van der Waals surface area contributed by atoms with Gasteiger partial charge in [0.25, 0.3) is 5.92 Å². The molecule has 0 bridgehead atoms. The SMILES string of the molecule is Cc1cc(N2C[C@H](S(=O)(=O)c3ccc(N4CC(F)(F)C4)cc3C(F)(F)F)C[C@@H]2OC(=O)NC2(C#N)CC2)n(C2CCOCC2)n1. The third-order valence-electron chi connectivity index (χ3n) is 8.65. The van der Waals surface area contributed by atoms with E-state index in [9.17, 15) is 40.4 Å². The Balaban J connectivity index is 1.33. The first kappa shape index (κ1) is 31.3. The highest BCUT2D eigenvalue weighted by atomic mass is 32.2. The van der Waals surface area contributed by atoms with E-state index < -0.39 is 68.6 Å². The van der Waals surface area contributed by atoms with Crippen LogP contribution in [-0.2, 0) is 25.5 Å². The van der Waals surface area contributed by atoms with E-state index in [4.69, 9.17) is 9.47 Å². The summed E-state index contributed by atoms with van der Waals surface area (Å²) < 4.78 is 110. The number of alkyl carbamates (subject to hydrolysis) is 1. The van der Waals surface area contributed by atoms with E-state index >= 15 is 0 Å². The molecule has 1 aromatic heterocycles. The van der Waals surface area contributed by atoms with E-state index in [-0.39, 0.29) is 24.7 Å². The van der Waals surface area contributed by atoms with E-state index in [2.05, 4.69) is 10.4 Å². The number of carbonyl (C=O) groups is 1. The Bertz CT molecular complexity index is 1620. The van der Waals surface area contributed by atoms with Gasteiger partial charge in [0.2, 0.25) is 0 Å². The van der Waals surface area contributed by atoms with Gasteiger partial charge >= 0.3 is 12.3 Å². The van der Waals surface area contributed by atoms with Crippen molar-refractivity contribution in [2.24, 2.45) is 0 Å². The second-order valence-electron chi connectivity index (χ2n) is 12.1. The smallest absolute Gasteiger partial charge is 0.417 e. The molecule has 4 heterocycles. The molecule has 4 aliphatic rings. The molecule has 0 radical (unpaired) electrons. The number of hydrogen-bond donors (Lipinski definition) is 1. The zero-order chi connectivity index (χ0) is 32.4. The van der Waals surface area contributed by atoms with Crippen molar-refractivity contribution in [3.05, 3.63) is 35.5 Å². The molecule has 0 unspecified atom stereocenters. The van der Waals surface area contributed by atoms with Crippen molar-refractivity contribution in [2.45, 2.75) is 79.1 Å². The maximum absolute atomic E-state index is 14.3. The van der Waals surface area contributed by atoms with Gasteiger partial charge in [0, 0.05) is 37.9 Å². The van der Waals surface area contributed by atoms with Crippen molar-refractivity contribution in [1.29, 1.82) is 5.26 Å². The number of anilines is 2. The lowest BCUT2D eigenvalue weighted by molar-refractivity contribution is -0.139. The largest absolute Gasteiger partial charge is 0.425 e. The van der Waals surface area contributed by atoms with Crippen LogP contribution < -0.4 is 15.1 Å². The van der Waals surface area contributed by atoms with E-state index in [0.717, 1.165) is 17.0 Å². The zero-order valence-corrected chi connectivity index (χ0v) is 25.0. The summed E-state index contributed by atoms with van der Waals surface area (Å²) in [5, 5.41) is 15.0. The molecule has 1 N–H and O–H groups in total. The number of aryl methyl sites for hydroxylation is 1. The highest BCUT2D eigenvalue weighted by molar-refractivity contribution is 7.92. The van der Waals surface area contributed by atoms with Crippen molar-refractivity contribution >= 4 is 27.4 Å². The van der Waals surface area contributed by atoms with Gasteiger partial charge < -0.3 is 24.6 Å². The number of nitriles is 1. The second kappa shape index (κ2) is 11.0. The summed E-state index contributed by atoms with van der Waals surface area (Å²) in [7, 11) is -4.72. The van der Waals surface area contributed by atoms with Gasteiger partial charge in [-0.2, -0.15) is 23.5 Å². The Morgan fingerprint density at radius 2 is 1.87 bits per heavy atom. The highest BCUT2D eigenvalue weighted by Gasteiger charge is 2.50. The van der Waals surface area contributed by atoms with E-state index in [1.807, 2.05) is 6.07 Å². The predicted octanol–water partition coefficient (Wildman–Crippen LogP) is 4.18. The Kier molecular flexibility index (Phi) is 7.66. The number of aromatic nitrogens is 2. The summed E-state index contributed by atoms with van der Waals surface area (Å²) in [6.45, 7) is 0.815. The normalized spacial score (nSPS) is 24.6. The van der Waals surface area contributed by atoms with Crippen molar-refractivity contribution in [3.63, 3.8) is 0 Å². The summed E-state index contributed by atoms with van der Waals surface area (Å²) in [5.74, 6) is -2.61. The van der Waals surface area contributed by atoms with Gasteiger partial charge in [-0.1, -0.05) is 0 Å². The number of sulfone groups is 1. The first-order chi connectivity index (χ1) is 21.1. The first-order valence-corrected chi connectivity index (χ1v) is 16.0. The highest BCUT2D eigenvalue weighted by Crippen LogP contribution is 2.43. The number of nitrogens with one attached hydrogen (secondary N) is 1. The second-order valence-corrected chi connectivity index (χ2v) is 14.3. The number of amides is 1.